The van der Waals surface area contributed by atoms with Gasteiger partial charge in [0.05, 0.1) is 5.57 Å². The molecule has 0 unspecified atom stereocenters. The molecule has 27 heavy (non-hydrogen) atoms. The zero-order valence-electron chi connectivity index (χ0n) is 15.9. The van der Waals surface area contributed by atoms with Gasteiger partial charge in [-0.05, 0) is 85.0 Å². The lowest BCUT2D eigenvalue weighted by Gasteiger charge is -2.21. The Morgan fingerprint density at radius 3 is 2.37 bits per heavy atom. The standard InChI is InChI=1S/C24H25ClO2/c1-3-15-4-9-18(20-11-10-19(25)12-14(20)2)13-21(15)22-23(26)16-5-6-17(8-7-16)24(22)27/h4,9-13,16-17,26H,3,5-8H2,1-2H3/t16-,17+. The number of aliphatic hydroxyl groups is 1. The maximum Gasteiger partial charge on any atom is 0.169 e. The van der Waals surface area contributed by atoms with Gasteiger partial charge >= 0.3 is 0 Å². The number of aliphatic hydroxyl groups excluding tert-OH is 1. The Labute approximate surface area is 165 Å². The molecule has 3 aliphatic rings. The Bertz CT molecular complexity index is 933. The maximum atomic E-state index is 13.2. The number of fused-ring (bicyclic) bond motifs is 3. The summed E-state index contributed by atoms with van der Waals surface area (Å²) < 4.78 is 0. The van der Waals surface area contributed by atoms with Crippen LogP contribution < -0.4 is 0 Å². The van der Waals surface area contributed by atoms with Gasteiger partial charge in [0, 0.05) is 16.9 Å². The van der Waals surface area contributed by atoms with Crippen molar-refractivity contribution in [2.75, 3.05) is 0 Å². The number of aryl methyl sites for hydroxylation is 2. The molecule has 1 fully saturated rings. The van der Waals surface area contributed by atoms with E-state index in [2.05, 4.69) is 25.1 Å². The van der Waals surface area contributed by atoms with E-state index in [-0.39, 0.29) is 17.6 Å². The Kier molecular flexibility index (Phi) is 4.86. The minimum atomic E-state index is 0.0616. The fourth-order valence-electron chi connectivity index (χ4n) is 4.67. The van der Waals surface area contributed by atoms with Crippen LogP contribution in [0, 0.1) is 18.8 Å². The second-order valence-electron chi connectivity index (χ2n) is 7.86. The van der Waals surface area contributed by atoms with Crippen molar-refractivity contribution in [3.05, 3.63) is 63.9 Å². The van der Waals surface area contributed by atoms with Gasteiger partial charge in [0.15, 0.2) is 5.78 Å². The van der Waals surface area contributed by atoms with Gasteiger partial charge in [0.2, 0.25) is 0 Å². The minimum Gasteiger partial charge on any atom is -0.511 e. The highest BCUT2D eigenvalue weighted by Gasteiger charge is 2.38. The van der Waals surface area contributed by atoms with Crippen molar-refractivity contribution in [2.45, 2.75) is 46.0 Å². The number of benzene rings is 2. The Morgan fingerprint density at radius 2 is 1.70 bits per heavy atom. The van der Waals surface area contributed by atoms with Crippen LogP contribution in [0.4, 0.5) is 0 Å². The molecule has 5 rings (SSSR count). The first-order valence-corrected chi connectivity index (χ1v) is 10.2. The third kappa shape index (κ3) is 3.21. The van der Waals surface area contributed by atoms with E-state index in [1.54, 1.807) is 0 Å². The lowest BCUT2D eigenvalue weighted by atomic mass is 9.82. The van der Waals surface area contributed by atoms with Gasteiger partial charge in [-0.15, -0.1) is 0 Å². The summed E-state index contributed by atoms with van der Waals surface area (Å²) >= 11 is 6.12. The van der Waals surface area contributed by atoms with Crippen molar-refractivity contribution in [2.24, 2.45) is 11.8 Å². The summed E-state index contributed by atoms with van der Waals surface area (Å²) in [6, 6.07) is 12.2. The van der Waals surface area contributed by atoms with Crippen molar-refractivity contribution in [3.8, 4) is 11.1 Å². The van der Waals surface area contributed by atoms with E-state index in [0.717, 1.165) is 64.9 Å². The van der Waals surface area contributed by atoms with Gasteiger partial charge < -0.3 is 5.11 Å². The third-order valence-corrected chi connectivity index (χ3v) is 6.48. The molecule has 0 radical (unpaired) electrons. The van der Waals surface area contributed by atoms with Crippen LogP contribution in [0.3, 0.4) is 0 Å². The van der Waals surface area contributed by atoms with Crippen molar-refractivity contribution in [1.82, 2.24) is 0 Å². The summed E-state index contributed by atoms with van der Waals surface area (Å²) in [5.74, 6) is 0.645. The molecule has 0 spiro atoms. The predicted molar refractivity (Wildman–Crippen MR) is 111 cm³/mol. The molecule has 2 bridgehead atoms. The number of halogens is 1. The summed E-state index contributed by atoms with van der Waals surface area (Å²) in [7, 11) is 0. The van der Waals surface area contributed by atoms with E-state index in [1.165, 1.54) is 0 Å². The number of allylic oxidation sites excluding steroid dienone is 2. The number of carbonyl (C=O) groups is 1. The van der Waals surface area contributed by atoms with Crippen molar-refractivity contribution in [3.63, 3.8) is 0 Å². The first kappa shape index (κ1) is 18.3. The van der Waals surface area contributed by atoms with Gasteiger partial charge in [0.25, 0.3) is 0 Å². The van der Waals surface area contributed by atoms with Crippen LogP contribution in [0.25, 0.3) is 16.7 Å². The van der Waals surface area contributed by atoms with E-state index in [0.29, 0.717) is 11.3 Å². The fourth-order valence-corrected chi connectivity index (χ4v) is 4.90. The van der Waals surface area contributed by atoms with E-state index >= 15 is 0 Å². The van der Waals surface area contributed by atoms with E-state index in [4.69, 9.17) is 11.6 Å². The second kappa shape index (κ2) is 7.16. The quantitative estimate of drug-likeness (QED) is 0.656. The fraction of sp³-hybridized carbons (Fsp3) is 0.375. The van der Waals surface area contributed by atoms with Crippen LogP contribution in [-0.4, -0.2) is 10.9 Å². The van der Waals surface area contributed by atoms with E-state index < -0.39 is 0 Å². The first-order chi connectivity index (χ1) is 13.0. The number of Topliss-reactive ketones (excluding diaryl/α,β-unsaturated/α-hetero) is 1. The summed E-state index contributed by atoms with van der Waals surface area (Å²) in [6.07, 6.45) is 4.46. The monoisotopic (exact) mass is 380 g/mol. The highest BCUT2D eigenvalue weighted by Crippen LogP contribution is 2.44. The number of ketones is 1. The molecule has 0 saturated heterocycles. The molecule has 2 aromatic rings. The van der Waals surface area contributed by atoms with Crippen molar-refractivity contribution >= 4 is 23.0 Å². The smallest absolute Gasteiger partial charge is 0.169 e. The zero-order chi connectivity index (χ0) is 19.1. The van der Waals surface area contributed by atoms with Gasteiger partial charge in [-0.2, -0.15) is 0 Å². The Balaban J connectivity index is 1.89. The van der Waals surface area contributed by atoms with Crippen LogP contribution in [0.5, 0.6) is 0 Å². The molecule has 1 saturated carbocycles. The van der Waals surface area contributed by atoms with Crippen LogP contribution in [-0.2, 0) is 11.2 Å². The van der Waals surface area contributed by atoms with Gasteiger partial charge in [-0.3, -0.25) is 4.79 Å². The largest absolute Gasteiger partial charge is 0.511 e. The molecule has 3 heteroatoms. The lowest BCUT2D eigenvalue weighted by Crippen LogP contribution is -2.17. The average Bonchev–Trinajstić information content (AvgIpc) is 2.86. The molecule has 140 valence electrons. The van der Waals surface area contributed by atoms with E-state index in [9.17, 15) is 9.90 Å². The SMILES string of the molecule is CCc1ccc(-c2ccc(Cl)cc2C)cc1C1=C(O)[C@H]2CC[C@H](CC2)C1=O. The zero-order valence-corrected chi connectivity index (χ0v) is 16.6. The molecule has 2 nitrogen and oxygen atoms in total. The van der Waals surface area contributed by atoms with Gasteiger partial charge in [0.1, 0.15) is 5.76 Å². The summed E-state index contributed by atoms with van der Waals surface area (Å²) in [6.45, 7) is 4.14. The Hall–Kier alpha value is -2.06. The average molecular weight is 381 g/mol. The molecule has 3 aliphatic carbocycles. The van der Waals surface area contributed by atoms with Crippen LogP contribution in [0.15, 0.2) is 42.2 Å². The van der Waals surface area contributed by atoms with Gasteiger partial charge in [-0.25, -0.2) is 0 Å². The second-order valence-corrected chi connectivity index (χ2v) is 8.29. The lowest BCUT2D eigenvalue weighted by molar-refractivity contribution is -0.117. The maximum absolute atomic E-state index is 13.2. The molecular weight excluding hydrogens is 356 g/mol. The van der Waals surface area contributed by atoms with E-state index in [1.807, 2.05) is 25.1 Å². The molecule has 0 heterocycles. The van der Waals surface area contributed by atoms with Crippen molar-refractivity contribution < 1.29 is 9.90 Å². The minimum absolute atomic E-state index is 0.0616. The molecule has 0 atom stereocenters. The normalized spacial score (nSPS) is 22.3. The number of rotatable bonds is 3. The van der Waals surface area contributed by atoms with Crippen LogP contribution in [0.2, 0.25) is 5.02 Å². The number of hydrogen-bond donors (Lipinski definition) is 1. The van der Waals surface area contributed by atoms with Crippen LogP contribution >= 0.6 is 11.6 Å². The molecule has 0 aromatic heterocycles. The van der Waals surface area contributed by atoms with Crippen LogP contribution in [0.1, 0.15) is 49.3 Å². The molecular formula is C24H25ClO2. The Morgan fingerprint density at radius 1 is 1.00 bits per heavy atom. The third-order valence-electron chi connectivity index (χ3n) is 6.25. The summed E-state index contributed by atoms with van der Waals surface area (Å²) in [5.41, 5.74) is 5.86. The summed E-state index contributed by atoms with van der Waals surface area (Å²) in [5, 5.41) is 11.7. The molecule has 0 aliphatic heterocycles. The predicted octanol–water partition coefficient (Wildman–Crippen LogP) is 6.54. The number of hydrogen-bond acceptors (Lipinski definition) is 2. The van der Waals surface area contributed by atoms with Gasteiger partial charge in [-0.1, -0.05) is 36.7 Å². The van der Waals surface area contributed by atoms with Crippen molar-refractivity contribution in [1.29, 1.82) is 0 Å². The topological polar surface area (TPSA) is 37.3 Å². The summed E-state index contributed by atoms with van der Waals surface area (Å²) in [4.78, 5) is 13.2. The molecule has 1 N–H and O–H groups in total. The molecule has 0 amide bonds. The molecule has 2 aromatic carbocycles. The highest BCUT2D eigenvalue weighted by molar-refractivity contribution is 6.30. The number of carbonyl (C=O) groups excluding carboxylic acids is 1. The first-order valence-electron chi connectivity index (χ1n) is 9.86. The highest BCUT2D eigenvalue weighted by atomic mass is 35.5.